The second-order valence-corrected chi connectivity index (χ2v) is 11.3. The van der Waals surface area contributed by atoms with Crippen LogP contribution in [0.5, 0.6) is 0 Å². The number of fused-ring (bicyclic) bond motifs is 3. The first-order valence-corrected chi connectivity index (χ1v) is 12.3. The van der Waals surface area contributed by atoms with Crippen LogP contribution in [0.2, 0.25) is 0 Å². The number of nitrogens with zero attached hydrogens (tertiary/aromatic N) is 2. The zero-order chi connectivity index (χ0) is 20.8. The number of rotatable bonds is 4. The van der Waals surface area contributed by atoms with Crippen LogP contribution in [0.3, 0.4) is 0 Å². The molecule has 0 saturated heterocycles. The van der Waals surface area contributed by atoms with Gasteiger partial charge in [-0.15, -0.1) is 11.3 Å². The number of ketones is 1. The highest BCUT2D eigenvalue weighted by Gasteiger charge is 2.25. The minimum Gasteiger partial charge on any atom is -0.298 e. The minimum absolute atomic E-state index is 0.0255. The number of Topliss-reactive ketones (excluding diaryl/α,β-unsaturated/α-hetero) is 1. The molecule has 2 aromatic heterocycles. The lowest BCUT2D eigenvalue weighted by Gasteiger charge is -2.17. The molecule has 4 rings (SSSR count). The maximum atomic E-state index is 13.6. The number of aromatic nitrogens is 2. The van der Waals surface area contributed by atoms with Gasteiger partial charge in [0.05, 0.1) is 16.8 Å². The molecule has 0 amide bonds. The summed E-state index contributed by atoms with van der Waals surface area (Å²) in [6.07, 6.45) is 4.26. The Hall–Kier alpha value is -1.44. The van der Waals surface area contributed by atoms with Gasteiger partial charge in [-0.3, -0.25) is 14.2 Å². The standard InChI is InChI=1S/C22H23BrN2O2S2/c1-22(2,3)17(26)12-28-21-24-19-18(15-6-4-5-7-16(15)29-19)20(27)25(21)14-10-8-13(23)9-11-14/h8-11H,4-7,12H2,1-3H3. The van der Waals surface area contributed by atoms with Crippen molar-refractivity contribution in [2.75, 3.05) is 5.75 Å². The predicted octanol–water partition coefficient (Wildman–Crippen LogP) is 5.80. The van der Waals surface area contributed by atoms with E-state index in [4.69, 9.17) is 4.98 Å². The summed E-state index contributed by atoms with van der Waals surface area (Å²) >= 11 is 6.46. The van der Waals surface area contributed by atoms with Gasteiger partial charge >= 0.3 is 0 Å². The summed E-state index contributed by atoms with van der Waals surface area (Å²) in [5.41, 5.74) is 1.51. The third kappa shape index (κ3) is 4.09. The second kappa shape index (κ2) is 8.00. The lowest BCUT2D eigenvalue weighted by atomic mass is 9.92. The van der Waals surface area contributed by atoms with Crippen molar-refractivity contribution in [3.8, 4) is 5.69 Å². The minimum atomic E-state index is -0.415. The fourth-order valence-electron chi connectivity index (χ4n) is 3.45. The first kappa shape index (κ1) is 20.8. The molecule has 0 fully saturated rings. The molecule has 1 aromatic carbocycles. The van der Waals surface area contributed by atoms with E-state index >= 15 is 0 Å². The van der Waals surface area contributed by atoms with Gasteiger partial charge in [-0.1, -0.05) is 48.5 Å². The number of hydrogen-bond acceptors (Lipinski definition) is 5. The molecule has 1 aliphatic rings. The van der Waals surface area contributed by atoms with Crippen LogP contribution in [-0.4, -0.2) is 21.1 Å². The van der Waals surface area contributed by atoms with Gasteiger partial charge in [-0.05, 0) is 55.5 Å². The normalized spacial score (nSPS) is 14.2. The summed E-state index contributed by atoms with van der Waals surface area (Å²) < 4.78 is 2.63. The van der Waals surface area contributed by atoms with Gasteiger partial charge in [0, 0.05) is 14.8 Å². The molecule has 7 heteroatoms. The average molecular weight is 491 g/mol. The van der Waals surface area contributed by atoms with E-state index in [1.807, 2.05) is 45.0 Å². The average Bonchev–Trinajstić information content (AvgIpc) is 3.05. The van der Waals surface area contributed by atoms with Gasteiger partial charge in [0.15, 0.2) is 5.16 Å². The van der Waals surface area contributed by atoms with Crippen LogP contribution in [0.25, 0.3) is 15.9 Å². The van der Waals surface area contributed by atoms with Gasteiger partial charge in [0.2, 0.25) is 0 Å². The molecule has 1 aliphatic carbocycles. The maximum Gasteiger partial charge on any atom is 0.267 e. The molecular formula is C22H23BrN2O2S2. The van der Waals surface area contributed by atoms with Crippen molar-refractivity contribution in [3.63, 3.8) is 0 Å². The highest BCUT2D eigenvalue weighted by Crippen LogP contribution is 2.35. The van der Waals surface area contributed by atoms with Crippen molar-refractivity contribution < 1.29 is 4.79 Å². The van der Waals surface area contributed by atoms with Crippen LogP contribution in [0.4, 0.5) is 0 Å². The Balaban J connectivity index is 1.88. The van der Waals surface area contributed by atoms with Crippen molar-refractivity contribution >= 4 is 55.0 Å². The smallest absolute Gasteiger partial charge is 0.267 e. The summed E-state index contributed by atoms with van der Waals surface area (Å²) in [6, 6.07) is 7.66. The topological polar surface area (TPSA) is 52.0 Å². The van der Waals surface area contributed by atoms with Crippen molar-refractivity contribution in [2.24, 2.45) is 5.41 Å². The van der Waals surface area contributed by atoms with Crippen molar-refractivity contribution in [1.82, 2.24) is 9.55 Å². The summed E-state index contributed by atoms with van der Waals surface area (Å²) in [5.74, 6) is 0.438. The van der Waals surface area contributed by atoms with E-state index in [1.54, 1.807) is 15.9 Å². The molecule has 0 unspecified atom stereocenters. The van der Waals surface area contributed by atoms with Gasteiger partial charge in [-0.2, -0.15) is 0 Å². The third-order valence-electron chi connectivity index (χ3n) is 5.21. The predicted molar refractivity (Wildman–Crippen MR) is 125 cm³/mol. The Bertz CT molecular complexity index is 1140. The molecule has 0 atom stereocenters. The van der Waals surface area contributed by atoms with E-state index < -0.39 is 5.41 Å². The molecular weight excluding hydrogens is 468 g/mol. The molecule has 2 heterocycles. The third-order valence-corrected chi connectivity index (χ3v) is 7.86. The van der Waals surface area contributed by atoms with E-state index in [0.29, 0.717) is 10.9 Å². The number of benzene rings is 1. The van der Waals surface area contributed by atoms with E-state index in [-0.39, 0.29) is 11.3 Å². The Labute approximate surface area is 186 Å². The van der Waals surface area contributed by atoms with E-state index in [0.717, 1.165) is 39.6 Å². The van der Waals surface area contributed by atoms with Gasteiger partial charge in [0.1, 0.15) is 10.6 Å². The van der Waals surface area contributed by atoms with Crippen LogP contribution < -0.4 is 5.56 Å². The van der Waals surface area contributed by atoms with Crippen molar-refractivity contribution in [2.45, 2.75) is 51.6 Å². The van der Waals surface area contributed by atoms with Gasteiger partial charge < -0.3 is 0 Å². The maximum absolute atomic E-state index is 13.6. The number of halogens is 1. The summed E-state index contributed by atoms with van der Waals surface area (Å²) in [7, 11) is 0. The molecule has 0 spiro atoms. The van der Waals surface area contributed by atoms with Crippen LogP contribution >= 0.6 is 39.0 Å². The van der Waals surface area contributed by atoms with Crippen LogP contribution in [0.15, 0.2) is 38.7 Å². The van der Waals surface area contributed by atoms with E-state index in [9.17, 15) is 9.59 Å². The number of carbonyl (C=O) groups is 1. The van der Waals surface area contributed by atoms with Gasteiger partial charge in [0.25, 0.3) is 5.56 Å². The first-order valence-electron chi connectivity index (χ1n) is 9.75. The molecule has 0 radical (unpaired) electrons. The van der Waals surface area contributed by atoms with E-state index in [1.165, 1.54) is 28.6 Å². The molecule has 4 nitrogen and oxygen atoms in total. The quantitative estimate of drug-likeness (QED) is 0.342. The van der Waals surface area contributed by atoms with Crippen molar-refractivity contribution in [1.29, 1.82) is 0 Å². The highest BCUT2D eigenvalue weighted by molar-refractivity contribution is 9.10. The number of hydrogen-bond donors (Lipinski definition) is 0. The van der Waals surface area contributed by atoms with Gasteiger partial charge in [-0.25, -0.2) is 4.98 Å². The number of thioether (sulfide) groups is 1. The summed E-state index contributed by atoms with van der Waals surface area (Å²) in [4.78, 5) is 33.1. The first-order chi connectivity index (χ1) is 13.8. The highest BCUT2D eigenvalue weighted by atomic mass is 79.9. The molecule has 3 aromatic rings. The number of carbonyl (C=O) groups excluding carboxylic acids is 1. The molecule has 0 N–H and O–H groups in total. The van der Waals surface area contributed by atoms with E-state index in [2.05, 4.69) is 15.9 Å². The SMILES string of the molecule is CC(C)(C)C(=O)CSc1nc2sc3c(c2c(=O)n1-c1ccc(Br)cc1)CCCC3. The second-order valence-electron chi connectivity index (χ2n) is 8.36. The monoisotopic (exact) mass is 490 g/mol. The van der Waals surface area contributed by atoms with Crippen LogP contribution in [-0.2, 0) is 17.6 Å². The lowest BCUT2D eigenvalue weighted by Crippen LogP contribution is -2.25. The molecule has 0 bridgehead atoms. The molecule has 0 aliphatic heterocycles. The zero-order valence-electron chi connectivity index (χ0n) is 16.8. The Kier molecular flexibility index (Phi) is 5.75. The van der Waals surface area contributed by atoms with Crippen LogP contribution in [0.1, 0.15) is 44.1 Å². The fraction of sp³-hybridized carbons (Fsp3) is 0.409. The van der Waals surface area contributed by atoms with Crippen LogP contribution in [0, 0.1) is 5.41 Å². The Morgan fingerprint density at radius 2 is 1.90 bits per heavy atom. The molecule has 29 heavy (non-hydrogen) atoms. The lowest BCUT2D eigenvalue weighted by molar-refractivity contribution is -0.123. The molecule has 152 valence electrons. The Morgan fingerprint density at radius 1 is 1.21 bits per heavy atom. The fourth-order valence-corrected chi connectivity index (χ4v) is 6.19. The molecule has 0 saturated carbocycles. The summed E-state index contributed by atoms with van der Waals surface area (Å²) in [5, 5.41) is 1.35. The zero-order valence-corrected chi connectivity index (χ0v) is 20.0. The largest absolute Gasteiger partial charge is 0.298 e. The number of thiophene rings is 1. The summed E-state index contributed by atoms with van der Waals surface area (Å²) in [6.45, 7) is 5.75. The number of aryl methyl sites for hydroxylation is 2. The Morgan fingerprint density at radius 3 is 2.59 bits per heavy atom. The van der Waals surface area contributed by atoms with Crippen molar-refractivity contribution in [3.05, 3.63) is 49.5 Å².